The first-order chi connectivity index (χ1) is 21.8. The first-order valence-electron chi connectivity index (χ1n) is 14.8. The largest absolute Gasteiger partial charge is 0.307 e. The van der Waals surface area contributed by atoms with Crippen LogP contribution in [0.3, 0.4) is 0 Å². The molecule has 3 aromatic heterocycles. The van der Waals surface area contributed by atoms with Gasteiger partial charge in [0.1, 0.15) is 5.52 Å². The molecule has 0 atom stereocenters. The van der Waals surface area contributed by atoms with Crippen LogP contribution in [0.5, 0.6) is 0 Å². The fraction of sp³-hybridized carbons (Fsp3) is 0. The maximum absolute atomic E-state index is 4.98. The van der Waals surface area contributed by atoms with Gasteiger partial charge >= 0.3 is 0 Å². The van der Waals surface area contributed by atoms with E-state index >= 15 is 0 Å². The van der Waals surface area contributed by atoms with Crippen LogP contribution in [-0.2, 0) is 0 Å². The third kappa shape index (κ3) is 3.37. The predicted molar refractivity (Wildman–Crippen MR) is 187 cm³/mol. The van der Waals surface area contributed by atoms with E-state index in [0.29, 0.717) is 0 Å². The summed E-state index contributed by atoms with van der Waals surface area (Å²) in [6.45, 7) is 0. The van der Waals surface area contributed by atoms with E-state index in [1.165, 1.54) is 63.5 Å². The standard InChI is InChI=1S/C40H23N3S/c1-3-9-26-21-35-32(19-24(26)7-1)33-20-25-8-2-4-10-27(25)22-36(33)43(35)34-16-15-29(39-40(34)42-18-17-41-39)28-13-14-31-30-11-5-6-12-37(30)44-38(31)23-28/h1-23H. The number of thiophene rings is 1. The number of benzene rings is 7. The van der Waals surface area contributed by atoms with Gasteiger partial charge in [-0.05, 0) is 75.6 Å². The SMILES string of the molecule is c1ccc2cc3c(cc2c1)c1cc2ccccc2cc1n3-c1ccc(-c2ccc3c(c2)sc2ccccc23)c2nccnc12. The van der Waals surface area contributed by atoms with Crippen LogP contribution in [-0.4, -0.2) is 14.5 Å². The summed E-state index contributed by atoms with van der Waals surface area (Å²) in [4.78, 5) is 9.92. The zero-order valence-corrected chi connectivity index (χ0v) is 24.3. The molecule has 0 unspecified atom stereocenters. The highest BCUT2D eigenvalue weighted by Crippen LogP contribution is 2.41. The third-order valence-corrected chi connectivity index (χ3v) is 10.2. The Morgan fingerprint density at radius 3 is 1.75 bits per heavy atom. The molecule has 0 bridgehead atoms. The molecule has 0 aliphatic rings. The molecule has 0 amide bonds. The molecule has 0 aliphatic carbocycles. The average molecular weight is 578 g/mol. The molecule has 0 radical (unpaired) electrons. The molecule has 7 aromatic carbocycles. The number of hydrogen-bond donors (Lipinski definition) is 0. The lowest BCUT2D eigenvalue weighted by Gasteiger charge is -2.14. The van der Waals surface area contributed by atoms with Crippen molar-refractivity contribution in [2.24, 2.45) is 0 Å². The molecule has 0 saturated heterocycles. The molecule has 3 nitrogen and oxygen atoms in total. The van der Waals surface area contributed by atoms with Crippen molar-refractivity contribution in [2.45, 2.75) is 0 Å². The summed E-state index contributed by atoms with van der Waals surface area (Å²) < 4.78 is 4.98. The smallest absolute Gasteiger partial charge is 0.113 e. The van der Waals surface area contributed by atoms with Crippen molar-refractivity contribution in [3.05, 3.63) is 140 Å². The Labute approximate surface area is 256 Å². The maximum Gasteiger partial charge on any atom is 0.113 e. The van der Waals surface area contributed by atoms with E-state index in [4.69, 9.17) is 9.97 Å². The molecule has 0 spiro atoms. The Hall–Kier alpha value is -5.58. The Morgan fingerprint density at radius 1 is 0.455 bits per heavy atom. The van der Waals surface area contributed by atoms with Gasteiger partial charge in [0.2, 0.25) is 0 Å². The Balaban J connectivity index is 1.28. The molecular formula is C40H23N3S. The van der Waals surface area contributed by atoms with Crippen molar-refractivity contribution in [2.75, 3.05) is 0 Å². The van der Waals surface area contributed by atoms with E-state index in [-0.39, 0.29) is 0 Å². The van der Waals surface area contributed by atoms with Gasteiger partial charge in [-0.3, -0.25) is 9.97 Å². The highest BCUT2D eigenvalue weighted by molar-refractivity contribution is 7.25. The van der Waals surface area contributed by atoms with E-state index in [1.54, 1.807) is 6.20 Å². The number of aromatic nitrogens is 3. The van der Waals surface area contributed by atoms with Crippen molar-refractivity contribution >= 4 is 85.9 Å². The number of nitrogens with zero attached hydrogens (tertiary/aromatic N) is 3. The highest BCUT2D eigenvalue weighted by atomic mass is 32.1. The summed E-state index contributed by atoms with van der Waals surface area (Å²) in [7, 11) is 0. The summed E-state index contributed by atoms with van der Waals surface area (Å²) in [5.74, 6) is 0. The second kappa shape index (κ2) is 8.96. The molecular weight excluding hydrogens is 555 g/mol. The van der Waals surface area contributed by atoms with E-state index in [9.17, 15) is 0 Å². The maximum atomic E-state index is 4.98. The van der Waals surface area contributed by atoms with Crippen molar-refractivity contribution in [3.63, 3.8) is 0 Å². The molecule has 0 saturated carbocycles. The van der Waals surface area contributed by atoms with Gasteiger partial charge in [-0.1, -0.05) is 78.9 Å². The lowest BCUT2D eigenvalue weighted by atomic mass is 10.0. The normalized spacial score (nSPS) is 12.1. The van der Waals surface area contributed by atoms with Gasteiger partial charge in [0.15, 0.2) is 0 Å². The van der Waals surface area contributed by atoms with Gasteiger partial charge in [0.05, 0.1) is 22.2 Å². The van der Waals surface area contributed by atoms with Gasteiger partial charge in [0.25, 0.3) is 0 Å². The molecule has 0 fully saturated rings. The number of hydrogen-bond acceptors (Lipinski definition) is 3. The fourth-order valence-corrected chi connectivity index (χ4v) is 8.14. The summed E-state index contributed by atoms with van der Waals surface area (Å²) >= 11 is 1.84. The molecule has 204 valence electrons. The topological polar surface area (TPSA) is 30.7 Å². The van der Waals surface area contributed by atoms with Crippen LogP contribution < -0.4 is 0 Å². The zero-order chi connectivity index (χ0) is 28.8. The fourth-order valence-electron chi connectivity index (χ4n) is 7.00. The van der Waals surface area contributed by atoms with Crippen molar-refractivity contribution in [1.29, 1.82) is 0 Å². The van der Waals surface area contributed by atoms with Crippen molar-refractivity contribution in [1.82, 2.24) is 14.5 Å². The van der Waals surface area contributed by atoms with Gasteiger partial charge in [0, 0.05) is 48.9 Å². The number of rotatable bonds is 2. The van der Waals surface area contributed by atoms with E-state index < -0.39 is 0 Å². The zero-order valence-electron chi connectivity index (χ0n) is 23.5. The first kappa shape index (κ1) is 23.9. The Morgan fingerprint density at radius 2 is 1.05 bits per heavy atom. The van der Waals surface area contributed by atoms with Crippen LogP contribution >= 0.6 is 11.3 Å². The van der Waals surface area contributed by atoms with Crippen LogP contribution in [0.15, 0.2) is 140 Å². The Bertz CT molecular complexity index is 2690. The van der Waals surface area contributed by atoms with Crippen LogP contribution in [0.4, 0.5) is 0 Å². The summed E-state index contributed by atoms with van der Waals surface area (Å²) in [5.41, 5.74) is 7.41. The lowest BCUT2D eigenvalue weighted by Crippen LogP contribution is -1.99. The molecule has 4 heteroatoms. The van der Waals surface area contributed by atoms with Gasteiger partial charge in [-0.15, -0.1) is 11.3 Å². The molecule has 0 N–H and O–H groups in total. The first-order valence-corrected chi connectivity index (χ1v) is 15.6. The molecule has 3 heterocycles. The van der Waals surface area contributed by atoms with Crippen LogP contribution in [0.1, 0.15) is 0 Å². The van der Waals surface area contributed by atoms with E-state index in [1.807, 2.05) is 17.5 Å². The number of fused-ring (bicyclic) bond motifs is 9. The van der Waals surface area contributed by atoms with Gasteiger partial charge < -0.3 is 4.57 Å². The molecule has 10 rings (SSSR count). The minimum atomic E-state index is 0.890. The second-order valence-electron chi connectivity index (χ2n) is 11.5. The molecule has 0 aliphatic heterocycles. The summed E-state index contributed by atoms with van der Waals surface area (Å²) in [6, 6.07) is 46.4. The average Bonchev–Trinajstić information content (AvgIpc) is 3.60. The monoisotopic (exact) mass is 577 g/mol. The summed E-state index contributed by atoms with van der Waals surface area (Å²) in [5, 5.41) is 10.0. The highest BCUT2D eigenvalue weighted by Gasteiger charge is 2.19. The van der Waals surface area contributed by atoms with Crippen LogP contribution in [0.25, 0.3) is 91.4 Å². The van der Waals surface area contributed by atoms with Crippen LogP contribution in [0, 0.1) is 0 Å². The van der Waals surface area contributed by atoms with Crippen molar-refractivity contribution < 1.29 is 0 Å². The quantitative estimate of drug-likeness (QED) is 0.205. The van der Waals surface area contributed by atoms with Crippen molar-refractivity contribution in [3.8, 4) is 16.8 Å². The predicted octanol–water partition coefficient (Wildman–Crippen LogP) is 11.1. The minimum Gasteiger partial charge on any atom is -0.307 e. The molecule has 44 heavy (non-hydrogen) atoms. The lowest BCUT2D eigenvalue weighted by molar-refractivity contribution is 1.17. The minimum absolute atomic E-state index is 0.890. The summed E-state index contributed by atoms with van der Waals surface area (Å²) in [6.07, 6.45) is 3.62. The van der Waals surface area contributed by atoms with E-state index in [0.717, 1.165) is 27.8 Å². The van der Waals surface area contributed by atoms with Crippen LogP contribution in [0.2, 0.25) is 0 Å². The van der Waals surface area contributed by atoms with Gasteiger partial charge in [-0.2, -0.15) is 0 Å². The van der Waals surface area contributed by atoms with Gasteiger partial charge in [-0.25, -0.2) is 0 Å². The Kier molecular flexibility index (Phi) is 4.87. The molecule has 10 aromatic rings. The second-order valence-corrected chi connectivity index (χ2v) is 12.5. The third-order valence-electron chi connectivity index (χ3n) is 9.03. The van der Waals surface area contributed by atoms with E-state index in [2.05, 4.69) is 132 Å².